The Kier molecular flexibility index (Phi) is 9.27. The number of nitrogens with zero attached hydrogens (tertiary/aromatic N) is 5. The molecule has 0 unspecified atom stereocenters. The van der Waals surface area contributed by atoms with Gasteiger partial charge in [-0.3, -0.25) is 24.2 Å². The van der Waals surface area contributed by atoms with Crippen LogP contribution < -0.4 is 4.68 Å². The van der Waals surface area contributed by atoms with Gasteiger partial charge in [-0.25, -0.2) is 4.79 Å². The second kappa shape index (κ2) is 11.7. The van der Waals surface area contributed by atoms with E-state index in [1.165, 1.54) is 25.9 Å². The molecule has 1 aromatic heterocycles. The number of likely N-dealkylation sites (N-methyl/N-ethyl adjacent to an activating group) is 1. The van der Waals surface area contributed by atoms with Crippen molar-refractivity contribution >= 4 is 31.5 Å². The van der Waals surface area contributed by atoms with E-state index in [-0.39, 0.29) is 23.7 Å². The molecule has 4 rings (SSSR count). The molecular formula is C25H33F6N6O6P. The number of nitrogens with one attached hydrogen (secondary N) is 1. The summed E-state index contributed by atoms with van der Waals surface area (Å²) in [4.78, 5) is 57.2. The second-order valence-corrected chi connectivity index (χ2v) is 12.8. The predicted molar refractivity (Wildman–Crippen MR) is 143 cm³/mol. The first-order valence-corrected chi connectivity index (χ1v) is 15.1. The molecule has 1 N–H and O–H groups in total. The number of amides is 3. The van der Waals surface area contributed by atoms with Gasteiger partial charge in [0.15, 0.2) is 6.20 Å². The van der Waals surface area contributed by atoms with Crippen LogP contribution in [0, 0.1) is 0 Å². The standard InChI is InChI=1S/C25H32N6O6.F6P/c1-25(2,31-21(32)18-8-6-7-9-19(18)22(31)33)24(35)29-15-17(12-20(29)23(34)37-5)30-14-16(26-27-30)13-28(3)10-11-36-4;1-7(2,3,4,5)6/h6-9,14,17,20H,10-13,15H2,1-5H3;/q;-1/p+1/t17-,20-;/m0./s1. The van der Waals surface area contributed by atoms with Crippen LogP contribution >= 0.6 is 7.81 Å². The molecule has 1 aromatic carbocycles. The molecule has 3 heterocycles. The Bertz CT molecular complexity index is 1390. The van der Waals surface area contributed by atoms with Crippen molar-refractivity contribution in [3.05, 3.63) is 47.3 Å². The predicted octanol–water partition coefficient (Wildman–Crippen LogP) is 3.55. The van der Waals surface area contributed by atoms with Gasteiger partial charge >= 0.3 is 39.0 Å². The van der Waals surface area contributed by atoms with E-state index < -0.39 is 43.1 Å². The number of rotatable bonds is 9. The van der Waals surface area contributed by atoms with Crippen molar-refractivity contribution in [3.63, 3.8) is 0 Å². The van der Waals surface area contributed by atoms with Gasteiger partial charge in [0.2, 0.25) is 11.6 Å². The Morgan fingerprint density at radius 3 is 2.14 bits per heavy atom. The number of carbonyl (C=O) groups excluding carboxylic acids is 4. The third-order valence-electron chi connectivity index (χ3n) is 6.99. The van der Waals surface area contributed by atoms with Gasteiger partial charge in [-0.15, -0.1) is 0 Å². The Labute approximate surface area is 248 Å². The number of hydrogen-bond acceptors (Lipinski definition) is 8. The Hall–Kier alpha value is -3.63. The van der Waals surface area contributed by atoms with Crippen molar-refractivity contribution in [2.45, 2.75) is 44.4 Å². The third kappa shape index (κ3) is 8.72. The second-order valence-electron chi connectivity index (χ2n) is 10.9. The van der Waals surface area contributed by atoms with E-state index in [4.69, 9.17) is 9.47 Å². The number of aromatic amines is 1. The monoisotopic (exact) mass is 658 g/mol. The molecule has 44 heavy (non-hydrogen) atoms. The van der Waals surface area contributed by atoms with Crippen molar-refractivity contribution in [1.29, 1.82) is 0 Å². The van der Waals surface area contributed by atoms with E-state index in [1.807, 2.05) is 13.2 Å². The number of hydrogen-bond donors (Lipinski definition) is 1. The molecule has 3 amide bonds. The molecular weight excluding hydrogens is 625 g/mol. The number of likely N-dealkylation sites (tertiary alicyclic amines) is 1. The quantitative estimate of drug-likeness (QED) is 0.143. The fourth-order valence-corrected chi connectivity index (χ4v) is 4.95. The zero-order chi connectivity index (χ0) is 33.3. The summed E-state index contributed by atoms with van der Waals surface area (Å²) >= 11 is 0. The van der Waals surface area contributed by atoms with Crippen molar-refractivity contribution in [2.75, 3.05) is 41.0 Å². The topological polar surface area (TPSA) is 129 Å². The zero-order valence-corrected chi connectivity index (χ0v) is 25.4. The molecule has 0 aliphatic carbocycles. The van der Waals surface area contributed by atoms with E-state index in [0.29, 0.717) is 19.6 Å². The summed E-state index contributed by atoms with van der Waals surface area (Å²) in [6, 6.07) is 5.33. The van der Waals surface area contributed by atoms with Crippen LogP contribution in [0.4, 0.5) is 25.2 Å². The number of ether oxygens (including phenoxy) is 2. The molecule has 12 nitrogen and oxygen atoms in total. The van der Waals surface area contributed by atoms with Gasteiger partial charge < -0.3 is 14.4 Å². The number of H-pyrrole nitrogens is 1. The van der Waals surface area contributed by atoms with Gasteiger partial charge in [-0.1, -0.05) is 17.3 Å². The number of fused-ring (bicyclic) bond motifs is 1. The van der Waals surface area contributed by atoms with E-state index in [9.17, 15) is 44.4 Å². The van der Waals surface area contributed by atoms with Crippen molar-refractivity contribution in [3.8, 4) is 0 Å². The SMILES string of the molecule is COCCN(C)Cc1c[n+]([C@H]2C[C@@H](C(=O)OC)N(C(=O)C(C)(C)N3C(=O)c4ccccc4C3=O)C2)[nH]n1.F[P-](F)(F)(F)(F)F. The van der Waals surface area contributed by atoms with Crippen LogP contribution in [-0.4, -0.2) is 101 Å². The van der Waals surface area contributed by atoms with Crippen molar-refractivity contribution < 1.29 is 58.5 Å². The van der Waals surface area contributed by atoms with E-state index >= 15 is 0 Å². The fourth-order valence-electron chi connectivity index (χ4n) is 4.95. The fraction of sp³-hybridized carbons (Fsp3) is 0.520. The van der Waals surface area contributed by atoms with Crippen LogP contribution in [0.1, 0.15) is 52.7 Å². The molecule has 0 saturated carbocycles. The summed E-state index contributed by atoms with van der Waals surface area (Å²) in [5.41, 5.74) is -0.215. The first-order valence-electron chi connectivity index (χ1n) is 13.1. The van der Waals surface area contributed by atoms with Crippen molar-refractivity contribution in [2.24, 2.45) is 0 Å². The summed E-state index contributed by atoms with van der Waals surface area (Å²) in [6.07, 6.45) is 2.15. The van der Waals surface area contributed by atoms with Gasteiger partial charge in [-0.2, -0.15) is 4.68 Å². The average molecular weight is 659 g/mol. The Balaban J connectivity index is 0.000000676. The number of halogens is 6. The Morgan fingerprint density at radius 1 is 1.09 bits per heavy atom. The van der Waals surface area contributed by atoms with Crippen LogP contribution in [0.5, 0.6) is 0 Å². The van der Waals surface area contributed by atoms with Gasteiger partial charge in [0.1, 0.15) is 17.6 Å². The molecule has 2 aliphatic heterocycles. The van der Waals surface area contributed by atoms with Crippen LogP contribution in [0.15, 0.2) is 30.5 Å². The normalized spacial score (nSPS) is 20.2. The van der Waals surface area contributed by atoms with Gasteiger partial charge in [-0.05, 0) is 33.0 Å². The molecule has 0 bridgehead atoms. The number of imide groups is 1. The van der Waals surface area contributed by atoms with Crippen molar-refractivity contribution in [1.82, 2.24) is 25.0 Å². The van der Waals surface area contributed by atoms with Crippen LogP contribution in [0.25, 0.3) is 0 Å². The van der Waals surface area contributed by atoms with Crippen LogP contribution in [0.3, 0.4) is 0 Å². The van der Waals surface area contributed by atoms with E-state index in [0.717, 1.165) is 17.1 Å². The summed E-state index contributed by atoms with van der Waals surface area (Å²) in [5, 5.41) is 7.33. The van der Waals surface area contributed by atoms with Crippen LogP contribution in [0.2, 0.25) is 0 Å². The van der Waals surface area contributed by atoms with Gasteiger partial charge in [0, 0.05) is 25.2 Å². The molecule has 1 saturated heterocycles. The third-order valence-corrected chi connectivity index (χ3v) is 6.99. The number of benzene rings is 1. The number of carbonyl (C=O) groups is 4. The number of methoxy groups -OCH3 is 2. The number of esters is 1. The molecule has 0 radical (unpaired) electrons. The summed E-state index contributed by atoms with van der Waals surface area (Å²) in [6.45, 7) is 5.16. The maximum absolute atomic E-state index is 13.9. The van der Waals surface area contributed by atoms with Gasteiger partial charge in [0.05, 0.1) is 37.9 Å². The first kappa shape index (κ1) is 34.9. The minimum absolute atomic E-state index is 0.178. The molecule has 1 fully saturated rings. The average Bonchev–Trinajstić information content (AvgIpc) is 3.62. The first-order chi connectivity index (χ1) is 20.0. The van der Waals surface area contributed by atoms with Gasteiger partial charge in [0.25, 0.3) is 11.8 Å². The molecule has 246 valence electrons. The summed E-state index contributed by atoms with van der Waals surface area (Å²) in [5.74, 6) is -2.14. The molecule has 0 spiro atoms. The maximum atomic E-state index is 13.9. The van der Waals surface area contributed by atoms with E-state index in [2.05, 4.69) is 15.2 Å². The van der Waals surface area contributed by atoms with Crippen LogP contribution in [-0.2, 0) is 25.6 Å². The minimum atomic E-state index is -10.7. The number of aromatic nitrogens is 3. The molecule has 2 atom stereocenters. The summed E-state index contributed by atoms with van der Waals surface area (Å²) < 4.78 is 71.1. The van der Waals surface area contributed by atoms with E-state index in [1.54, 1.807) is 36.1 Å². The Morgan fingerprint density at radius 2 is 1.64 bits per heavy atom. The molecule has 19 heteroatoms. The summed E-state index contributed by atoms with van der Waals surface area (Å²) in [7, 11) is -5.78. The molecule has 2 aromatic rings. The zero-order valence-electron chi connectivity index (χ0n) is 24.5. The molecule has 2 aliphatic rings.